The van der Waals surface area contributed by atoms with E-state index < -0.39 is 6.43 Å². The monoisotopic (exact) mass is 244 g/mol. The molecule has 0 atom stereocenters. The van der Waals surface area contributed by atoms with E-state index in [-0.39, 0.29) is 23.5 Å². The van der Waals surface area contributed by atoms with Crippen LogP contribution in [0.25, 0.3) is 0 Å². The Kier molecular flexibility index (Phi) is 4.43. The molecule has 0 bridgehead atoms. The smallest absolute Gasteiger partial charge is 0.263 e. The molecule has 0 spiro atoms. The van der Waals surface area contributed by atoms with E-state index >= 15 is 0 Å². The van der Waals surface area contributed by atoms with E-state index in [0.717, 1.165) is 0 Å². The van der Waals surface area contributed by atoms with E-state index in [1.54, 1.807) is 0 Å². The van der Waals surface area contributed by atoms with Gasteiger partial charge in [0, 0.05) is 17.5 Å². The Morgan fingerprint density at radius 3 is 2.35 bits per heavy atom. The lowest BCUT2D eigenvalue weighted by Crippen LogP contribution is -2.03. The molecule has 0 saturated carbocycles. The highest BCUT2D eigenvalue weighted by Crippen LogP contribution is 2.36. The number of Topliss-reactive ketones (excluding diaryl/α,β-unsaturated/α-hetero) is 1. The average Bonchev–Trinajstić information content (AvgIpc) is 2.26. The Morgan fingerprint density at radius 1 is 1.29 bits per heavy atom. The van der Waals surface area contributed by atoms with Crippen LogP contribution in [0.3, 0.4) is 0 Å². The molecule has 1 aromatic carbocycles. The van der Waals surface area contributed by atoms with Crippen LogP contribution in [0.5, 0.6) is 11.5 Å². The molecule has 0 radical (unpaired) electrons. The zero-order chi connectivity index (χ0) is 13.0. The van der Waals surface area contributed by atoms with Gasteiger partial charge in [0.05, 0.1) is 14.2 Å². The number of carbonyl (C=O) groups excluding carboxylic acids is 1. The normalized spacial score (nSPS) is 10.5. The van der Waals surface area contributed by atoms with Gasteiger partial charge in [-0.3, -0.25) is 4.79 Å². The largest absolute Gasteiger partial charge is 0.493 e. The summed E-state index contributed by atoms with van der Waals surface area (Å²) in [6.45, 7) is 1.39. The molecule has 0 N–H and O–H groups in total. The summed E-state index contributed by atoms with van der Waals surface area (Å²) in [5, 5.41) is 0. The zero-order valence-corrected chi connectivity index (χ0v) is 9.92. The maximum absolute atomic E-state index is 12.7. The van der Waals surface area contributed by atoms with Gasteiger partial charge in [-0.05, 0) is 19.1 Å². The molecule has 5 heteroatoms. The Bertz CT molecular complexity index is 416. The van der Waals surface area contributed by atoms with Gasteiger partial charge in [0.1, 0.15) is 5.78 Å². The molecule has 0 fully saturated rings. The fraction of sp³-hybridized carbons (Fsp3) is 0.417. The van der Waals surface area contributed by atoms with Gasteiger partial charge in [0.25, 0.3) is 6.43 Å². The SMILES string of the molecule is COc1cc(C(F)F)cc(CC(C)=O)c1OC. The summed E-state index contributed by atoms with van der Waals surface area (Å²) in [5.74, 6) is 0.408. The summed E-state index contributed by atoms with van der Waals surface area (Å²) in [6, 6.07) is 2.49. The second-order valence-electron chi connectivity index (χ2n) is 3.60. The third-order valence-electron chi connectivity index (χ3n) is 2.27. The average molecular weight is 244 g/mol. The number of benzene rings is 1. The maximum Gasteiger partial charge on any atom is 0.263 e. The summed E-state index contributed by atoms with van der Waals surface area (Å²) in [4.78, 5) is 11.1. The maximum atomic E-state index is 12.7. The summed E-state index contributed by atoms with van der Waals surface area (Å²) in [6.07, 6.45) is -2.57. The molecule has 0 amide bonds. The van der Waals surface area contributed by atoms with Gasteiger partial charge in [-0.25, -0.2) is 8.78 Å². The second-order valence-corrected chi connectivity index (χ2v) is 3.60. The van der Waals surface area contributed by atoms with Crippen LogP contribution in [0.2, 0.25) is 0 Å². The van der Waals surface area contributed by atoms with Crippen molar-refractivity contribution >= 4 is 5.78 Å². The van der Waals surface area contributed by atoms with E-state index in [0.29, 0.717) is 11.3 Å². The highest BCUT2D eigenvalue weighted by molar-refractivity contribution is 5.79. The minimum absolute atomic E-state index is 0.0418. The molecule has 0 aliphatic heterocycles. The zero-order valence-electron chi connectivity index (χ0n) is 9.92. The van der Waals surface area contributed by atoms with Crippen LogP contribution in [-0.4, -0.2) is 20.0 Å². The van der Waals surface area contributed by atoms with Gasteiger partial charge < -0.3 is 9.47 Å². The Labute approximate surface area is 98.3 Å². The molecule has 0 aromatic heterocycles. The first-order chi connectivity index (χ1) is 7.99. The lowest BCUT2D eigenvalue weighted by Gasteiger charge is -2.14. The first kappa shape index (κ1) is 13.4. The topological polar surface area (TPSA) is 35.5 Å². The van der Waals surface area contributed by atoms with E-state index in [1.807, 2.05) is 0 Å². The Balaban J connectivity index is 3.31. The first-order valence-corrected chi connectivity index (χ1v) is 5.02. The van der Waals surface area contributed by atoms with Gasteiger partial charge in [0.15, 0.2) is 11.5 Å². The van der Waals surface area contributed by atoms with Crippen molar-refractivity contribution < 1.29 is 23.0 Å². The number of halogens is 2. The minimum atomic E-state index is -2.61. The minimum Gasteiger partial charge on any atom is -0.493 e. The molecule has 17 heavy (non-hydrogen) atoms. The highest BCUT2D eigenvalue weighted by Gasteiger charge is 2.17. The third-order valence-corrected chi connectivity index (χ3v) is 2.27. The fourth-order valence-corrected chi connectivity index (χ4v) is 1.59. The number of ether oxygens (including phenoxy) is 2. The van der Waals surface area contributed by atoms with Crippen molar-refractivity contribution in [2.45, 2.75) is 19.8 Å². The van der Waals surface area contributed by atoms with Crippen LogP contribution >= 0.6 is 0 Å². The number of methoxy groups -OCH3 is 2. The van der Waals surface area contributed by atoms with Crippen molar-refractivity contribution in [3.63, 3.8) is 0 Å². The van der Waals surface area contributed by atoms with Crippen molar-refractivity contribution in [2.75, 3.05) is 14.2 Å². The molecule has 0 heterocycles. The van der Waals surface area contributed by atoms with Crippen LogP contribution in [-0.2, 0) is 11.2 Å². The second kappa shape index (κ2) is 5.61. The molecule has 1 rings (SSSR count). The molecular weight excluding hydrogens is 230 g/mol. The quantitative estimate of drug-likeness (QED) is 0.799. The number of hydrogen-bond acceptors (Lipinski definition) is 3. The number of ketones is 1. The van der Waals surface area contributed by atoms with Gasteiger partial charge in [-0.1, -0.05) is 0 Å². The summed E-state index contributed by atoms with van der Waals surface area (Å²) >= 11 is 0. The van der Waals surface area contributed by atoms with Crippen LogP contribution < -0.4 is 9.47 Å². The molecule has 0 saturated heterocycles. The first-order valence-electron chi connectivity index (χ1n) is 5.02. The van der Waals surface area contributed by atoms with Crippen LogP contribution in [0.1, 0.15) is 24.5 Å². The fourth-order valence-electron chi connectivity index (χ4n) is 1.59. The van der Waals surface area contributed by atoms with Crippen molar-refractivity contribution in [3.8, 4) is 11.5 Å². The lowest BCUT2D eigenvalue weighted by atomic mass is 10.0. The highest BCUT2D eigenvalue weighted by atomic mass is 19.3. The number of carbonyl (C=O) groups is 1. The van der Waals surface area contributed by atoms with Crippen LogP contribution in [0.4, 0.5) is 8.78 Å². The predicted molar refractivity (Wildman–Crippen MR) is 58.9 cm³/mol. The van der Waals surface area contributed by atoms with E-state index in [9.17, 15) is 13.6 Å². The number of hydrogen-bond donors (Lipinski definition) is 0. The van der Waals surface area contributed by atoms with Gasteiger partial charge >= 0.3 is 0 Å². The van der Waals surface area contributed by atoms with Gasteiger partial charge in [0.2, 0.25) is 0 Å². The Hall–Kier alpha value is -1.65. The van der Waals surface area contributed by atoms with Crippen molar-refractivity contribution in [3.05, 3.63) is 23.3 Å². The summed E-state index contributed by atoms with van der Waals surface area (Å²) in [5.41, 5.74) is 0.230. The van der Waals surface area contributed by atoms with Crippen molar-refractivity contribution in [1.82, 2.24) is 0 Å². The number of alkyl halides is 2. The van der Waals surface area contributed by atoms with E-state index in [4.69, 9.17) is 9.47 Å². The molecule has 1 aromatic rings. The van der Waals surface area contributed by atoms with Crippen molar-refractivity contribution in [2.24, 2.45) is 0 Å². The van der Waals surface area contributed by atoms with E-state index in [1.165, 1.54) is 33.3 Å². The molecule has 3 nitrogen and oxygen atoms in total. The molecule has 0 aliphatic rings. The van der Waals surface area contributed by atoms with Crippen molar-refractivity contribution in [1.29, 1.82) is 0 Å². The van der Waals surface area contributed by atoms with Gasteiger partial charge in [-0.2, -0.15) is 0 Å². The van der Waals surface area contributed by atoms with Crippen LogP contribution in [0, 0.1) is 0 Å². The van der Waals surface area contributed by atoms with Crippen LogP contribution in [0.15, 0.2) is 12.1 Å². The standard InChI is InChI=1S/C12H14F2O3/c1-7(15)4-8-5-9(12(13)14)6-10(16-2)11(8)17-3/h5-6,12H,4H2,1-3H3. The summed E-state index contributed by atoms with van der Waals surface area (Å²) < 4.78 is 35.4. The summed E-state index contributed by atoms with van der Waals surface area (Å²) in [7, 11) is 2.77. The molecular formula is C12H14F2O3. The molecule has 0 aliphatic carbocycles. The predicted octanol–water partition coefficient (Wildman–Crippen LogP) is 2.77. The number of rotatable bonds is 5. The van der Waals surface area contributed by atoms with Gasteiger partial charge in [-0.15, -0.1) is 0 Å². The molecule has 0 unspecified atom stereocenters. The van der Waals surface area contributed by atoms with E-state index in [2.05, 4.69) is 0 Å². The molecule has 94 valence electrons. The lowest BCUT2D eigenvalue weighted by molar-refractivity contribution is -0.116. The Morgan fingerprint density at radius 2 is 1.94 bits per heavy atom. The third kappa shape index (κ3) is 3.15.